The summed E-state index contributed by atoms with van der Waals surface area (Å²) in [5.74, 6) is -0.212. The molecule has 1 unspecified atom stereocenters. The van der Waals surface area contributed by atoms with Crippen LogP contribution in [0.2, 0.25) is 5.02 Å². The number of amidine groups is 1. The molecule has 1 atom stereocenters. The number of oxime groups is 1. The predicted molar refractivity (Wildman–Crippen MR) is 74.9 cm³/mol. The minimum Gasteiger partial charge on any atom is -0.409 e. The van der Waals surface area contributed by atoms with Crippen LogP contribution in [0.4, 0.5) is 4.39 Å². The number of hydrogen-bond donors (Lipinski definition) is 2. The lowest BCUT2D eigenvalue weighted by Crippen LogP contribution is -2.34. The maximum absolute atomic E-state index is 13.7. The Morgan fingerprint density at radius 2 is 2.26 bits per heavy atom. The highest BCUT2D eigenvalue weighted by molar-refractivity contribution is 6.30. The lowest BCUT2D eigenvalue weighted by Gasteiger charge is -2.24. The molecule has 0 amide bonds. The van der Waals surface area contributed by atoms with E-state index in [9.17, 15) is 4.39 Å². The number of halogens is 2. The highest BCUT2D eigenvalue weighted by atomic mass is 35.5. The summed E-state index contributed by atoms with van der Waals surface area (Å²) in [6.07, 6.45) is 0. The molecule has 0 heterocycles. The van der Waals surface area contributed by atoms with Crippen molar-refractivity contribution in [1.29, 1.82) is 0 Å². The molecule has 0 fully saturated rings. The normalized spacial score (nSPS) is 13.8. The Hall–Kier alpha value is -1.33. The Labute approximate surface area is 117 Å². The van der Waals surface area contributed by atoms with Gasteiger partial charge in [-0.05, 0) is 24.7 Å². The van der Waals surface area contributed by atoms with E-state index in [1.807, 2.05) is 18.7 Å². The van der Waals surface area contributed by atoms with E-state index in [1.165, 1.54) is 12.1 Å². The van der Waals surface area contributed by atoms with Gasteiger partial charge in [0, 0.05) is 29.6 Å². The molecule has 6 heteroatoms. The molecule has 0 bridgehead atoms. The van der Waals surface area contributed by atoms with Crippen molar-refractivity contribution in [3.05, 3.63) is 34.6 Å². The Kier molecular flexibility index (Phi) is 6.05. The first-order valence-corrected chi connectivity index (χ1v) is 6.49. The maximum atomic E-state index is 13.7. The van der Waals surface area contributed by atoms with Crippen LogP contribution in [0.15, 0.2) is 23.4 Å². The van der Waals surface area contributed by atoms with Crippen LogP contribution in [-0.4, -0.2) is 29.0 Å². The van der Waals surface area contributed by atoms with Gasteiger partial charge in [0.15, 0.2) is 0 Å². The van der Waals surface area contributed by atoms with E-state index in [-0.39, 0.29) is 17.6 Å². The van der Waals surface area contributed by atoms with Crippen LogP contribution in [0.5, 0.6) is 0 Å². The molecule has 0 saturated carbocycles. The molecule has 1 rings (SSSR count). The zero-order valence-corrected chi connectivity index (χ0v) is 11.9. The van der Waals surface area contributed by atoms with Gasteiger partial charge in [-0.2, -0.15) is 0 Å². The van der Waals surface area contributed by atoms with Crippen LogP contribution < -0.4 is 5.73 Å². The Morgan fingerprint density at radius 3 is 2.84 bits per heavy atom. The fraction of sp³-hybridized carbons (Fsp3) is 0.462. The van der Waals surface area contributed by atoms with Gasteiger partial charge >= 0.3 is 0 Å². The highest BCUT2D eigenvalue weighted by Gasteiger charge is 2.14. The molecule has 1 aromatic rings. The topological polar surface area (TPSA) is 61.8 Å². The Morgan fingerprint density at radius 1 is 1.58 bits per heavy atom. The van der Waals surface area contributed by atoms with Crippen molar-refractivity contribution >= 4 is 17.4 Å². The second-order valence-corrected chi connectivity index (χ2v) is 4.93. The molecule has 0 aliphatic carbocycles. The highest BCUT2D eigenvalue weighted by Crippen LogP contribution is 2.17. The minimum atomic E-state index is -0.278. The predicted octanol–water partition coefficient (Wildman–Crippen LogP) is 2.68. The van der Waals surface area contributed by atoms with Crippen LogP contribution >= 0.6 is 11.6 Å². The van der Waals surface area contributed by atoms with E-state index in [4.69, 9.17) is 22.5 Å². The van der Waals surface area contributed by atoms with E-state index in [0.29, 0.717) is 23.7 Å². The third kappa shape index (κ3) is 4.69. The molecule has 1 aromatic carbocycles. The molecule has 0 aromatic heterocycles. The monoisotopic (exact) mass is 287 g/mol. The summed E-state index contributed by atoms with van der Waals surface area (Å²) in [5, 5.41) is 12.1. The second kappa shape index (κ2) is 7.31. The molecule has 3 N–H and O–H groups in total. The van der Waals surface area contributed by atoms with Gasteiger partial charge in [0.2, 0.25) is 0 Å². The zero-order valence-electron chi connectivity index (χ0n) is 11.1. The molecule has 0 saturated heterocycles. The van der Waals surface area contributed by atoms with Gasteiger partial charge in [0.05, 0.1) is 0 Å². The van der Waals surface area contributed by atoms with Gasteiger partial charge in [0.25, 0.3) is 0 Å². The molecule has 106 valence electrons. The Balaban J connectivity index is 2.74. The van der Waals surface area contributed by atoms with Gasteiger partial charge in [-0.15, -0.1) is 0 Å². The van der Waals surface area contributed by atoms with Gasteiger partial charge in [-0.25, -0.2) is 4.39 Å². The molecule has 0 aliphatic rings. The van der Waals surface area contributed by atoms with E-state index in [0.717, 1.165) is 6.54 Å². The van der Waals surface area contributed by atoms with Crippen molar-refractivity contribution in [1.82, 2.24) is 4.90 Å². The van der Waals surface area contributed by atoms with Crippen molar-refractivity contribution in [2.24, 2.45) is 16.8 Å². The summed E-state index contributed by atoms with van der Waals surface area (Å²) in [6, 6.07) is 4.50. The van der Waals surface area contributed by atoms with Crippen LogP contribution in [0.25, 0.3) is 0 Å². The summed E-state index contributed by atoms with van der Waals surface area (Å²) in [4.78, 5) is 2.01. The van der Waals surface area contributed by atoms with Gasteiger partial charge < -0.3 is 10.9 Å². The number of rotatable bonds is 6. The molecule has 0 spiro atoms. The van der Waals surface area contributed by atoms with Crippen LogP contribution in [0.1, 0.15) is 19.4 Å². The van der Waals surface area contributed by atoms with Gasteiger partial charge in [-0.1, -0.05) is 30.6 Å². The minimum absolute atomic E-state index is 0.104. The first-order valence-electron chi connectivity index (χ1n) is 6.11. The van der Waals surface area contributed by atoms with Gasteiger partial charge in [-0.3, -0.25) is 4.90 Å². The SMILES string of the molecule is CCN(Cc1cc(Cl)ccc1F)CC(C)/C(N)=N/O. The second-order valence-electron chi connectivity index (χ2n) is 4.49. The average Bonchev–Trinajstić information content (AvgIpc) is 2.40. The summed E-state index contributed by atoms with van der Waals surface area (Å²) in [7, 11) is 0. The molecule has 4 nitrogen and oxygen atoms in total. The smallest absolute Gasteiger partial charge is 0.143 e. The number of hydrogen-bond acceptors (Lipinski definition) is 3. The third-order valence-electron chi connectivity index (χ3n) is 3.00. The van der Waals surface area contributed by atoms with Crippen molar-refractivity contribution in [3.63, 3.8) is 0 Å². The number of benzene rings is 1. The number of nitrogens with two attached hydrogens (primary N) is 1. The fourth-order valence-corrected chi connectivity index (χ4v) is 1.98. The quantitative estimate of drug-likeness (QED) is 0.366. The standard InChI is InChI=1S/C13H19ClFN3O/c1-3-18(7-9(2)13(16)17-19)8-10-6-11(14)4-5-12(10)15/h4-6,9,19H,3,7-8H2,1-2H3,(H2,16,17). The van der Waals surface area contributed by atoms with E-state index in [1.54, 1.807) is 6.07 Å². The fourth-order valence-electron chi connectivity index (χ4n) is 1.79. The molecular weight excluding hydrogens is 269 g/mol. The van der Waals surface area contributed by atoms with Crippen LogP contribution in [0, 0.1) is 11.7 Å². The van der Waals surface area contributed by atoms with Crippen LogP contribution in [-0.2, 0) is 6.54 Å². The summed E-state index contributed by atoms with van der Waals surface area (Å²) in [6.45, 7) is 5.58. The van der Waals surface area contributed by atoms with E-state index in [2.05, 4.69) is 5.16 Å². The molecule has 0 aliphatic heterocycles. The summed E-state index contributed by atoms with van der Waals surface area (Å²) in [5.41, 5.74) is 6.09. The first kappa shape index (κ1) is 15.7. The third-order valence-corrected chi connectivity index (χ3v) is 3.24. The zero-order chi connectivity index (χ0) is 14.4. The summed E-state index contributed by atoms with van der Waals surface area (Å²) < 4.78 is 13.7. The van der Waals surface area contributed by atoms with Crippen molar-refractivity contribution in [2.75, 3.05) is 13.1 Å². The molecular formula is C13H19ClFN3O. The number of nitrogens with zero attached hydrogens (tertiary/aromatic N) is 2. The van der Waals surface area contributed by atoms with E-state index >= 15 is 0 Å². The van der Waals surface area contributed by atoms with Crippen molar-refractivity contribution < 1.29 is 9.60 Å². The van der Waals surface area contributed by atoms with Crippen molar-refractivity contribution in [2.45, 2.75) is 20.4 Å². The summed E-state index contributed by atoms with van der Waals surface area (Å²) >= 11 is 5.86. The lowest BCUT2D eigenvalue weighted by atomic mass is 10.1. The molecule has 19 heavy (non-hydrogen) atoms. The maximum Gasteiger partial charge on any atom is 0.143 e. The van der Waals surface area contributed by atoms with Gasteiger partial charge in [0.1, 0.15) is 11.7 Å². The van der Waals surface area contributed by atoms with Crippen molar-refractivity contribution in [3.8, 4) is 0 Å². The first-order chi connectivity index (χ1) is 8.97. The Bertz CT molecular complexity index is 454. The van der Waals surface area contributed by atoms with Crippen LogP contribution in [0.3, 0.4) is 0 Å². The average molecular weight is 288 g/mol. The lowest BCUT2D eigenvalue weighted by molar-refractivity contribution is 0.254. The largest absolute Gasteiger partial charge is 0.409 e. The van der Waals surface area contributed by atoms with E-state index < -0.39 is 0 Å². The molecule has 0 radical (unpaired) electrons.